The maximum absolute atomic E-state index is 10.9. The molecule has 92 valence electrons. The fraction of sp³-hybridized carbons (Fsp3) is 0.462. The maximum atomic E-state index is 10.9. The number of carbonyl (C=O) groups is 1. The van der Waals surface area contributed by atoms with Gasteiger partial charge in [-0.05, 0) is 48.3 Å². The lowest BCUT2D eigenvalue weighted by molar-refractivity contribution is -0.118. The molecule has 0 radical (unpaired) electrons. The van der Waals surface area contributed by atoms with Gasteiger partial charge in [0.2, 0.25) is 5.91 Å². The van der Waals surface area contributed by atoms with Crippen LogP contribution < -0.4 is 5.32 Å². The van der Waals surface area contributed by atoms with E-state index in [0.29, 0.717) is 5.92 Å². The number of carbonyl (C=O) groups excluding carboxylic acids is 1. The van der Waals surface area contributed by atoms with Crippen LogP contribution >= 0.6 is 27.7 Å². The molecule has 1 aromatic carbocycles. The number of thioether (sulfide) groups is 1. The van der Waals surface area contributed by atoms with Gasteiger partial charge in [-0.3, -0.25) is 4.79 Å². The van der Waals surface area contributed by atoms with Crippen molar-refractivity contribution in [1.29, 1.82) is 0 Å². The number of amides is 1. The summed E-state index contributed by atoms with van der Waals surface area (Å²) in [4.78, 5) is 12.3. The summed E-state index contributed by atoms with van der Waals surface area (Å²) in [5.41, 5.74) is 1.43. The number of hydrogen-bond acceptors (Lipinski definition) is 2. The topological polar surface area (TPSA) is 29.1 Å². The minimum atomic E-state index is 0.0599. The van der Waals surface area contributed by atoms with Crippen LogP contribution in [0.4, 0.5) is 0 Å². The molecule has 1 amide bonds. The monoisotopic (exact) mass is 313 g/mol. The summed E-state index contributed by atoms with van der Waals surface area (Å²) < 4.78 is 1.14. The Morgan fingerprint density at radius 1 is 1.59 bits per heavy atom. The van der Waals surface area contributed by atoms with E-state index in [9.17, 15) is 4.79 Å². The molecule has 2 nitrogen and oxygen atoms in total. The lowest BCUT2D eigenvalue weighted by atomic mass is 9.92. The van der Waals surface area contributed by atoms with Crippen molar-refractivity contribution in [2.75, 3.05) is 12.3 Å². The smallest absolute Gasteiger partial charge is 0.216 e. The van der Waals surface area contributed by atoms with Crippen molar-refractivity contribution < 1.29 is 4.79 Å². The molecule has 1 aliphatic heterocycles. The van der Waals surface area contributed by atoms with Crippen LogP contribution in [0.3, 0.4) is 0 Å². The van der Waals surface area contributed by atoms with Crippen molar-refractivity contribution in [1.82, 2.24) is 5.32 Å². The zero-order chi connectivity index (χ0) is 12.3. The molecule has 1 N–H and O–H groups in total. The summed E-state index contributed by atoms with van der Waals surface area (Å²) in [7, 11) is 0. The first-order valence-electron chi connectivity index (χ1n) is 5.83. The first-order chi connectivity index (χ1) is 8.16. The number of hydrogen-bond donors (Lipinski definition) is 1. The molecule has 0 saturated heterocycles. The number of benzene rings is 1. The maximum Gasteiger partial charge on any atom is 0.216 e. The predicted molar refractivity (Wildman–Crippen MR) is 75.5 cm³/mol. The molecule has 1 atom stereocenters. The van der Waals surface area contributed by atoms with Crippen molar-refractivity contribution in [3.8, 4) is 0 Å². The highest BCUT2D eigenvalue weighted by atomic mass is 79.9. The Kier molecular flexibility index (Phi) is 4.51. The van der Waals surface area contributed by atoms with Crippen molar-refractivity contribution in [3.05, 3.63) is 28.2 Å². The second kappa shape index (κ2) is 5.91. The van der Waals surface area contributed by atoms with Crippen LogP contribution in [-0.2, 0) is 4.79 Å². The normalized spacial score (nSPS) is 18.6. The Labute approximate surface area is 115 Å². The molecule has 0 aromatic heterocycles. The van der Waals surface area contributed by atoms with Crippen molar-refractivity contribution >= 4 is 33.6 Å². The molecule has 1 aliphatic rings. The van der Waals surface area contributed by atoms with Gasteiger partial charge in [-0.25, -0.2) is 0 Å². The van der Waals surface area contributed by atoms with Gasteiger partial charge in [0.05, 0.1) is 0 Å². The average Bonchev–Trinajstić information content (AvgIpc) is 2.29. The van der Waals surface area contributed by atoms with E-state index in [1.165, 1.54) is 22.6 Å². The average molecular weight is 314 g/mol. The van der Waals surface area contributed by atoms with E-state index in [2.05, 4.69) is 39.4 Å². The molecule has 0 saturated carbocycles. The Morgan fingerprint density at radius 2 is 2.41 bits per heavy atom. The molecule has 1 aromatic rings. The second-order valence-electron chi connectivity index (χ2n) is 4.29. The Balaban J connectivity index is 2.05. The van der Waals surface area contributed by atoms with Gasteiger partial charge in [0.1, 0.15) is 0 Å². The summed E-state index contributed by atoms with van der Waals surface area (Å²) in [5.74, 6) is 1.82. The SMILES string of the molecule is CC(=O)NCCC1CCSc2ccc(Br)cc21. The van der Waals surface area contributed by atoms with Gasteiger partial charge in [0, 0.05) is 22.8 Å². The molecule has 0 spiro atoms. The number of nitrogens with one attached hydrogen (secondary N) is 1. The van der Waals surface area contributed by atoms with E-state index in [0.717, 1.165) is 17.4 Å². The summed E-state index contributed by atoms with van der Waals surface area (Å²) in [6.07, 6.45) is 2.23. The Bertz CT molecular complexity index is 422. The van der Waals surface area contributed by atoms with Gasteiger partial charge in [0.25, 0.3) is 0 Å². The summed E-state index contributed by atoms with van der Waals surface area (Å²) in [5, 5.41) is 2.88. The van der Waals surface area contributed by atoms with Gasteiger partial charge in [-0.1, -0.05) is 15.9 Å². The van der Waals surface area contributed by atoms with Crippen LogP contribution in [0.5, 0.6) is 0 Å². The van der Waals surface area contributed by atoms with Gasteiger partial charge in [-0.2, -0.15) is 0 Å². The molecular weight excluding hydrogens is 298 g/mol. The zero-order valence-electron chi connectivity index (χ0n) is 9.83. The van der Waals surface area contributed by atoms with Crippen LogP contribution in [0, 0.1) is 0 Å². The fourth-order valence-electron chi connectivity index (χ4n) is 2.16. The summed E-state index contributed by atoms with van der Waals surface area (Å²) in [6, 6.07) is 6.51. The number of fused-ring (bicyclic) bond motifs is 1. The van der Waals surface area contributed by atoms with E-state index < -0.39 is 0 Å². The van der Waals surface area contributed by atoms with Gasteiger partial charge >= 0.3 is 0 Å². The minimum Gasteiger partial charge on any atom is -0.356 e. The third-order valence-corrected chi connectivity index (χ3v) is 4.62. The highest BCUT2D eigenvalue weighted by Crippen LogP contribution is 2.40. The molecule has 2 rings (SSSR count). The molecule has 0 bridgehead atoms. The van der Waals surface area contributed by atoms with E-state index in [1.807, 2.05) is 11.8 Å². The largest absolute Gasteiger partial charge is 0.356 e. The van der Waals surface area contributed by atoms with Gasteiger partial charge in [0.15, 0.2) is 0 Å². The Morgan fingerprint density at radius 3 is 3.18 bits per heavy atom. The predicted octanol–water partition coefficient (Wildman–Crippen LogP) is 3.55. The summed E-state index contributed by atoms with van der Waals surface area (Å²) in [6.45, 7) is 2.35. The highest BCUT2D eigenvalue weighted by Gasteiger charge is 2.20. The van der Waals surface area contributed by atoms with Gasteiger partial charge in [-0.15, -0.1) is 11.8 Å². The molecular formula is C13H16BrNOS. The van der Waals surface area contributed by atoms with E-state index in [4.69, 9.17) is 0 Å². The van der Waals surface area contributed by atoms with E-state index in [-0.39, 0.29) is 5.91 Å². The molecule has 1 heterocycles. The molecule has 0 fully saturated rings. The van der Waals surface area contributed by atoms with Crippen molar-refractivity contribution in [3.63, 3.8) is 0 Å². The third-order valence-electron chi connectivity index (χ3n) is 3.00. The number of rotatable bonds is 3. The fourth-order valence-corrected chi connectivity index (χ4v) is 3.72. The van der Waals surface area contributed by atoms with Crippen LogP contribution in [0.1, 0.15) is 31.2 Å². The first-order valence-corrected chi connectivity index (χ1v) is 7.61. The van der Waals surface area contributed by atoms with E-state index in [1.54, 1.807) is 6.92 Å². The van der Waals surface area contributed by atoms with Crippen LogP contribution in [0.25, 0.3) is 0 Å². The lowest BCUT2D eigenvalue weighted by Crippen LogP contribution is -2.23. The quantitative estimate of drug-likeness (QED) is 0.924. The molecule has 17 heavy (non-hydrogen) atoms. The van der Waals surface area contributed by atoms with E-state index >= 15 is 0 Å². The molecule has 1 unspecified atom stereocenters. The van der Waals surface area contributed by atoms with Gasteiger partial charge < -0.3 is 5.32 Å². The lowest BCUT2D eigenvalue weighted by Gasteiger charge is -2.25. The van der Waals surface area contributed by atoms with Crippen LogP contribution in [0.15, 0.2) is 27.6 Å². The van der Waals surface area contributed by atoms with Crippen molar-refractivity contribution in [2.45, 2.75) is 30.6 Å². The molecule has 4 heteroatoms. The standard InChI is InChI=1S/C13H16BrNOS/c1-9(16)15-6-4-10-5-7-17-13-3-2-11(14)8-12(10)13/h2-3,8,10H,4-7H2,1H3,(H,15,16). The van der Waals surface area contributed by atoms with Crippen molar-refractivity contribution in [2.24, 2.45) is 0 Å². The number of halogens is 1. The highest BCUT2D eigenvalue weighted by molar-refractivity contribution is 9.10. The van der Waals surface area contributed by atoms with Crippen LogP contribution in [-0.4, -0.2) is 18.2 Å². The minimum absolute atomic E-state index is 0.0599. The third kappa shape index (κ3) is 3.49. The van der Waals surface area contributed by atoms with Crippen LogP contribution in [0.2, 0.25) is 0 Å². The first kappa shape index (κ1) is 13.0. The molecule has 0 aliphatic carbocycles. The zero-order valence-corrected chi connectivity index (χ0v) is 12.2. The second-order valence-corrected chi connectivity index (χ2v) is 6.34. The summed E-state index contributed by atoms with van der Waals surface area (Å²) >= 11 is 5.46. The Hall–Kier alpha value is -0.480.